The van der Waals surface area contributed by atoms with Crippen LogP contribution in [0.15, 0.2) is 0 Å². The maximum Gasteiger partial charge on any atom is 0.151 e. The molecule has 0 amide bonds. The number of aliphatic hydroxyl groups is 2. The van der Waals surface area contributed by atoms with Crippen molar-refractivity contribution in [3.63, 3.8) is 0 Å². The van der Waals surface area contributed by atoms with Gasteiger partial charge >= 0.3 is 0 Å². The van der Waals surface area contributed by atoms with Crippen LogP contribution in [0.5, 0.6) is 0 Å². The van der Waals surface area contributed by atoms with Crippen molar-refractivity contribution in [1.29, 1.82) is 0 Å². The summed E-state index contributed by atoms with van der Waals surface area (Å²) in [5.74, 6) is 6.05. The Morgan fingerprint density at radius 3 is 2.42 bits per heavy atom. The average Bonchev–Trinajstić information content (AvgIpc) is 2.02. The molecule has 70 valence electrons. The monoisotopic (exact) mass is 170 g/mol. The third-order valence-electron chi connectivity index (χ3n) is 1.57. The zero-order chi connectivity index (χ0) is 9.23. The summed E-state index contributed by atoms with van der Waals surface area (Å²) in [5, 5.41) is 17.0. The molecule has 2 heteroatoms. The highest BCUT2D eigenvalue weighted by Gasteiger charge is 1.95. The average molecular weight is 170 g/mol. The fourth-order valence-corrected chi connectivity index (χ4v) is 0.930. The Kier molecular flexibility index (Phi) is 8.20. The molecular formula is C10H18O2. The first-order valence-corrected chi connectivity index (χ1v) is 4.59. The molecule has 0 atom stereocenters. The molecule has 0 saturated heterocycles. The quantitative estimate of drug-likeness (QED) is 0.374. The molecule has 0 rings (SSSR count). The number of hydrogen-bond donors (Lipinski definition) is 2. The fourth-order valence-electron chi connectivity index (χ4n) is 0.930. The molecule has 0 bridgehead atoms. The zero-order valence-corrected chi connectivity index (χ0v) is 7.71. The van der Waals surface area contributed by atoms with Crippen molar-refractivity contribution in [3.8, 4) is 11.8 Å². The molecule has 0 aliphatic rings. The SMILES string of the molecule is CCC#CCCCCCC(O)O. The largest absolute Gasteiger partial charge is 0.368 e. The van der Waals surface area contributed by atoms with Gasteiger partial charge in [0.05, 0.1) is 0 Å². The van der Waals surface area contributed by atoms with Crippen LogP contribution in [0.25, 0.3) is 0 Å². The Balaban J connectivity index is 3.01. The van der Waals surface area contributed by atoms with Crippen molar-refractivity contribution in [3.05, 3.63) is 0 Å². The third kappa shape index (κ3) is 9.48. The Hall–Kier alpha value is -0.520. The van der Waals surface area contributed by atoms with Crippen LogP contribution in [0.3, 0.4) is 0 Å². The summed E-state index contributed by atoms with van der Waals surface area (Å²) in [4.78, 5) is 0. The van der Waals surface area contributed by atoms with Gasteiger partial charge in [0.1, 0.15) is 0 Å². The second kappa shape index (κ2) is 8.58. The first-order valence-electron chi connectivity index (χ1n) is 4.59. The molecule has 0 aromatic rings. The lowest BCUT2D eigenvalue weighted by Gasteiger charge is -2.00. The minimum atomic E-state index is -1.13. The fraction of sp³-hybridized carbons (Fsp3) is 0.800. The van der Waals surface area contributed by atoms with Gasteiger partial charge in [-0.2, -0.15) is 0 Å². The molecule has 12 heavy (non-hydrogen) atoms. The normalized spacial score (nSPS) is 9.67. The van der Waals surface area contributed by atoms with E-state index < -0.39 is 6.29 Å². The lowest BCUT2D eigenvalue weighted by Crippen LogP contribution is -2.02. The van der Waals surface area contributed by atoms with E-state index in [9.17, 15) is 0 Å². The van der Waals surface area contributed by atoms with Crippen LogP contribution in [0.1, 0.15) is 45.4 Å². The summed E-state index contributed by atoms with van der Waals surface area (Å²) < 4.78 is 0. The van der Waals surface area contributed by atoms with E-state index in [1.54, 1.807) is 0 Å². The summed E-state index contributed by atoms with van der Waals surface area (Å²) in [6.07, 6.45) is 4.21. The molecule has 2 nitrogen and oxygen atoms in total. The lowest BCUT2D eigenvalue weighted by molar-refractivity contribution is -0.0465. The summed E-state index contributed by atoms with van der Waals surface area (Å²) in [6, 6.07) is 0. The predicted octanol–water partition coefficient (Wildman–Crippen LogP) is 1.66. The van der Waals surface area contributed by atoms with Crippen molar-refractivity contribution in [1.82, 2.24) is 0 Å². The Morgan fingerprint density at radius 2 is 1.83 bits per heavy atom. The minimum absolute atomic E-state index is 0.487. The van der Waals surface area contributed by atoms with Crippen molar-refractivity contribution in [2.45, 2.75) is 51.7 Å². The Morgan fingerprint density at radius 1 is 1.08 bits per heavy atom. The number of hydrogen-bond acceptors (Lipinski definition) is 2. The number of aliphatic hydroxyl groups excluding tert-OH is 1. The molecule has 2 N–H and O–H groups in total. The first-order chi connectivity index (χ1) is 5.77. The standard InChI is InChI=1S/C10H18O2/c1-2-3-4-5-6-7-8-9-10(11)12/h10-12H,2,5-9H2,1H3. The molecule has 0 aliphatic heterocycles. The molecule has 0 aromatic carbocycles. The van der Waals surface area contributed by atoms with E-state index in [1.165, 1.54) is 0 Å². The molecule has 0 radical (unpaired) electrons. The Labute approximate surface area is 74.6 Å². The lowest BCUT2D eigenvalue weighted by atomic mass is 10.1. The molecule has 0 aromatic heterocycles. The minimum Gasteiger partial charge on any atom is -0.368 e. The van der Waals surface area contributed by atoms with Gasteiger partial charge < -0.3 is 10.2 Å². The first kappa shape index (κ1) is 11.5. The van der Waals surface area contributed by atoms with Crippen LogP contribution in [-0.4, -0.2) is 16.5 Å². The summed E-state index contributed by atoms with van der Waals surface area (Å²) in [7, 11) is 0. The smallest absolute Gasteiger partial charge is 0.151 e. The van der Waals surface area contributed by atoms with Gasteiger partial charge in [0, 0.05) is 12.8 Å². The van der Waals surface area contributed by atoms with Crippen LogP contribution in [0, 0.1) is 11.8 Å². The molecule has 0 saturated carbocycles. The van der Waals surface area contributed by atoms with Gasteiger partial charge in [-0.05, 0) is 19.3 Å². The van der Waals surface area contributed by atoms with Crippen LogP contribution in [-0.2, 0) is 0 Å². The maximum atomic E-state index is 8.52. The molecule has 0 aliphatic carbocycles. The third-order valence-corrected chi connectivity index (χ3v) is 1.57. The van der Waals surface area contributed by atoms with E-state index in [-0.39, 0.29) is 0 Å². The van der Waals surface area contributed by atoms with Gasteiger partial charge in [0.2, 0.25) is 0 Å². The molecule has 0 heterocycles. The zero-order valence-electron chi connectivity index (χ0n) is 7.71. The van der Waals surface area contributed by atoms with Gasteiger partial charge in [-0.25, -0.2) is 0 Å². The van der Waals surface area contributed by atoms with Gasteiger partial charge in [0.25, 0.3) is 0 Å². The summed E-state index contributed by atoms with van der Waals surface area (Å²) in [6.45, 7) is 2.04. The van der Waals surface area contributed by atoms with Crippen molar-refractivity contribution < 1.29 is 10.2 Å². The van der Waals surface area contributed by atoms with E-state index in [1.807, 2.05) is 6.92 Å². The number of unbranched alkanes of at least 4 members (excludes halogenated alkanes) is 3. The molecule has 0 unspecified atom stereocenters. The van der Waals surface area contributed by atoms with Gasteiger partial charge in [-0.3, -0.25) is 0 Å². The van der Waals surface area contributed by atoms with E-state index in [0.29, 0.717) is 6.42 Å². The maximum absolute atomic E-state index is 8.52. The molecular weight excluding hydrogens is 152 g/mol. The summed E-state index contributed by atoms with van der Waals surface area (Å²) in [5.41, 5.74) is 0. The highest BCUT2D eigenvalue weighted by Crippen LogP contribution is 2.03. The van der Waals surface area contributed by atoms with Gasteiger partial charge in [-0.1, -0.05) is 13.3 Å². The van der Waals surface area contributed by atoms with Crippen LogP contribution in [0.2, 0.25) is 0 Å². The van der Waals surface area contributed by atoms with Crippen LogP contribution in [0.4, 0.5) is 0 Å². The van der Waals surface area contributed by atoms with Crippen LogP contribution < -0.4 is 0 Å². The second-order valence-electron chi connectivity index (χ2n) is 2.79. The second-order valence-corrected chi connectivity index (χ2v) is 2.79. The molecule has 0 spiro atoms. The van der Waals surface area contributed by atoms with Gasteiger partial charge in [-0.15, -0.1) is 11.8 Å². The summed E-state index contributed by atoms with van der Waals surface area (Å²) >= 11 is 0. The van der Waals surface area contributed by atoms with Crippen molar-refractivity contribution in [2.24, 2.45) is 0 Å². The van der Waals surface area contributed by atoms with E-state index >= 15 is 0 Å². The topological polar surface area (TPSA) is 40.5 Å². The van der Waals surface area contributed by atoms with Gasteiger partial charge in [0.15, 0.2) is 6.29 Å². The highest BCUT2D eigenvalue weighted by atomic mass is 16.5. The van der Waals surface area contributed by atoms with E-state index in [4.69, 9.17) is 10.2 Å². The number of rotatable bonds is 5. The van der Waals surface area contributed by atoms with E-state index in [2.05, 4.69) is 11.8 Å². The van der Waals surface area contributed by atoms with Crippen molar-refractivity contribution >= 4 is 0 Å². The predicted molar refractivity (Wildman–Crippen MR) is 49.4 cm³/mol. The van der Waals surface area contributed by atoms with Crippen LogP contribution >= 0.6 is 0 Å². The van der Waals surface area contributed by atoms with Crippen molar-refractivity contribution in [2.75, 3.05) is 0 Å². The molecule has 0 fully saturated rings. The Bertz CT molecular complexity index is 142. The highest BCUT2D eigenvalue weighted by molar-refractivity contribution is 4.97. The van der Waals surface area contributed by atoms with E-state index in [0.717, 1.165) is 32.1 Å².